The molecule has 0 saturated heterocycles. The number of ether oxygens (including phenoxy) is 1. The van der Waals surface area contributed by atoms with Crippen molar-refractivity contribution in [3.8, 4) is 5.75 Å². The van der Waals surface area contributed by atoms with Crippen LogP contribution in [-0.4, -0.2) is 44.0 Å². The summed E-state index contributed by atoms with van der Waals surface area (Å²) in [4.78, 5) is 26.1. The number of rotatable bonds is 6. The number of hydrogen-bond donors (Lipinski definition) is 1. The molecule has 0 unspecified atom stereocenters. The average Bonchev–Trinajstić information content (AvgIpc) is 2.62. The fourth-order valence-corrected chi connectivity index (χ4v) is 2.29. The SMILES string of the molecule is COc1ccc(C)c(C(=O)N(C)CCNC(=O)c2ccccc2)c1. The Morgan fingerprint density at radius 1 is 1.12 bits per heavy atom. The van der Waals surface area contributed by atoms with E-state index in [1.807, 2.05) is 37.3 Å². The molecule has 0 aliphatic rings. The van der Waals surface area contributed by atoms with Crippen molar-refractivity contribution in [1.29, 1.82) is 0 Å². The highest BCUT2D eigenvalue weighted by atomic mass is 16.5. The second-order valence-corrected chi connectivity index (χ2v) is 5.53. The number of carbonyl (C=O) groups excluding carboxylic acids is 2. The van der Waals surface area contributed by atoms with Crippen molar-refractivity contribution in [1.82, 2.24) is 10.2 Å². The monoisotopic (exact) mass is 326 g/mol. The lowest BCUT2D eigenvalue weighted by Crippen LogP contribution is -2.36. The minimum atomic E-state index is -0.144. The molecule has 1 N–H and O–H groups in total. The van der Waals surface area contributed by atoms with Gasteiger partial charge in [-0.05, 0) is 36.8 Å². The Balaban J connectivity index is 1.91. The van der Waals surface area contributed by atoms with Crippen LogP contribution in [0.15, 0.2) is 48.5 Å². The van der Waals surface area contributed by atoms with Crippen molar-refractivity contribution in [3.63, 3.8) is 0 Å². The first-order valence-electron chi connectivity index (χ1n) is 7.76. The summed E-state index contributed by atoms with van der Waals surface area (Å²) in [5.74, 6) is 0.407. The van der Waals surface area contributed by atoms with Crippen molar-refractivity contribution < 1.29 is 14.3 Å². The van der Waals surface area contributed by atoms with E-state index < -0.39 is 0 Å². The van der Waals surface area contributed by atoms with Crippen molar-refractivity contribution in [2.75, 3.05) is 27.2 Å². The zero-order valence-corrected chi connectivity index (χ0v) is 14.2. The molecule has 0 fully saturated rings. The molecular formula is C19H22N2O3. The molecule has 5 heteroatoms. The van der Waals surface area contributed by atoms with Gasteiger partial charge in [0.05, 0.1) is 7.11 Å². The molecule has 5 nitrogen and oxygen atoms in total. The van der Waals surface area contributed by atoms with E-state index in [0.29, 0.717) is 30.0 Å². The Labute approximate surface area is 142 Å². The van der Waals surface area contributed by atoms with Crippen LogP contribution in [0.5, 0.6) is 5.75 Å². The first kappa shape index (κ1) is 17.5. The Bertz CT molecular complexity index is 714. The lowest BCUT2D eigenvalue weighted by atomic mass is 10.1. The Hall–Kier alpha value is -2.82. The first-order chi connectivity index (χ1) is 11.5. The van der Waals surface area contributed by atoms with Gasteiger partial charge in [-0.15, -0.1) is 0 Å². The topological polar surface area (TPSA) is 58.6 Å². The van der Waals surface area contributed by atoms with Gasteiger partial charge >= 0.3 is 0 Å². The Kier molecular flexibility index (Phi) is 5.95. The van der Waals surface area contributed by atoms with Crippen LogP contribution < -0.4 is 10.1 Å². The minimum Gasteiger partial charge on any atom is -0.497 e. The summed E-state index contributed by atoms with van der Waals surface area (Å²) in [5.41, 5.74) is 2.10. The summed E-state index contributed by atoms with van der Waals surface area (Å²) in [6, 6.07) is 14.4. The molecule has 24 heavy (non-hydrogen) atoms. The summed E-state index contributed by atoms with van der Waals surface area (Å²) in [6.07, 6.45) is 0. The van der Waals surface area contributed by atoms with Crippen LogP contribution in [0.25, 0.3) is 0 Å². The lowest BCUT2D eigenvalue weighted by molar-refractivity contribution is 0.0786. The molecule has 0 bridgehead atoms. The van der Waals surface area contributed by atoms with E-state index in [1.165, 1.54) is 0 Å². The van der Waals surface area contributed by atoms with Gasteiger partial charge in [-0.3, -0.25) is 9.59 Å². The zero-order valence-electron chi connectivity index (χ0n) is 14.2. The van der Waals surface area contributed by atoms with Crippen molar-refractivity contribution >= 4 is 11.8 Å². The molecule has 2 aromatic rings. The quantitative estimate of drug-likeness (QED) is 0.887. The van der Waals surface area contributed by atoms with Gasteiger partial charge in [0.1, 0.15) is 5.75 Å². The third-order valence-electron chi connectivity index (χ3n) is 3.79. The van der Waals surface area contributed by atoms with Gasteiger partial charge in [-0.2, -0.15) is 0 Å². The van der Waals surface area contributed by atoms with Gasteiger partial charge < -0.3 is 15.0 Å². The molecule has 2 aromatic carbocycles. The van der Waals surface area contributed by atoms with Gasteiger partial charge in [-0.1, -0.05) is 24.3 Å². The van der Waals surface area contributed by atoms with Gasteiger partial charge in [0.2, 0.25) is 0 Å². The smallest absolute Gasteiger partial charge is 0.254 e. The number of benzene rings is 2. The molecule has 0 saturated carbocycles. The van der Waals surface area contributed by atoms with Crippen molar-refractivity contribution in [2.24, 2.45) is 0 Å². The summed E-state index contributed by atoms with van der Waals surface area (Å²) in [7, 11) is 3.29. The summed E-state index contributed by atoms with van der Waals surface area (Å²) >= 11 is 0. The number of methoxy groups -OCH3 is 1. The maximum Gasteiger partial charge on any atom is 0.254 e. The highest BCUT2D eigenvalue weighted by Crippen LogP contribution is 2.18. The maximum atomic E-state index is 12.5. The fourth-order valence-electron chi connectivity index (χ4n) is 2.29. The highest BCUT2D eigenvalue weighted by Gasteiger charge is 2.15. The number of hydrogen-bond acceptors (Lipinski definition) is 3. The van der Waals surface area contributed by atoms with Crippen molar-refractivity contribution in [2.45, 2.75) is 6.92 Å². The second kappa shape index (κ2) is 8.15. The molecule has 0 aromatic heterocycles. The molecule has 0 radical (unpaired) electrons. The number of carbonyl (C=O) groups is 2. The van der Waals surface area contributed by atoms with Gasteiger partial charge in [0.25, 0.3) is 11.8 Å². The molecule has 2 amide bonds. The first-order valence-corrected chi connectivity index (χ1v) is 7.76. The third kappa shape index (κ3) is 4.35. The molecule has 0 atom stereocenters. The van der Waals surface area contributed by atoms with Crippen LogP contribution in [0.3, 0.4) is 0 Å². The highest BCUT2D eigenvalue weighted by molar-refractivity contribution is 5.96. The molecule has 0 spiro atoms. The Morgan fingerprint density at radius 2 is 1.83 bits per heavy atom. The van der Waals surface area contributed by atoms with Gasteiger partial charge in [0.15, 0.2) is 0 Å². The number of aryl methyl sites for hydroxylation is 1. The van der Waals surface area contributed by atoms with Crippen LogP contribution in [0, 0.1) is 6.92 Å². The number of likely N-dealkylation sites (N-methyl/N-ethyl adjacent to an activating group) is 1. The lowest BCUT2D eigenvalue weighted by Gasteiger charge is -2.19. The van der Waals surface area contributed by atoms with Crippen LogP contribution in [0.2, 0.25) is 0 Å². The summed E-state index contributed by atoms with van der Waals surface area (Å²) in [6.45, 7) is 2.70. The van der Waals surface area contributed by atoms with E-state index in [0.717, 1.165) is 5.56 Å². The second-order valence-electron chi connectivity index (χ2n) is 5.53. The zero-order chi connectivity index (χ0) is 17.5. The van der Waals surface area contributed by atoms with Crippen molar-refractivity contribution in [3.05, 3.63) is 65.2 Å². The predicted molar refractivity (Wildman–Crippen MR) is 93.5 cm³/mol. The standard InChI is InChI=1S/C19H22N2O3/c1-14-9-10-16(24-3)13-17(14)19(23)21(2)12-11-20-18(22)15-7-5-4-6-8-15/h4-10,13H,11-12H2,1-3H3,(H,20,22). The van der Waals surface area contributed by atoms with Crippen LogP contribution in [0.1, 0.15) is 26.3 Å². The normalized spacial score (nSPS) is 10.1. The molecule has 126 valence electrons. The van der Waals surface area contributed by atoms with E-state index >= 15 is 0 Å². The van der Waals surface area contributed by atoms with Crippen LogP contribution >= 0.6 is 0 Å². The number of nitrogens with one attached hydrogen (secondary N) is 1. The van der Waals surface area contributed by atoms with Crippen LogP contribution in [-0.2, 0) is 0 Å². The van der Waals surface area contributed by atoms with E-state index in [1.54, 1.807) is 37.3 Å². The van der Waals surface area contributed by atoms with E-state index in [2.05, 4.69) is 5.32 Å². The van der Waals surface area contributed by atoms with E-state index in [-0.39, 0.29) is 11.8 Å². The minimum absolute atomic E-state index is 0.0969. The Morgan fingerprint density at radius 3 is 2.50 bits per heavy atom. The molecule has 0 aliphatic carbocycles. The number of nitrogens with zero attached hydrogens (tertiary/aromatic N) is 1. The largest absolute Gasteiger partial charge is 0.497 e. The average molecular weight is 326 g/mol. The summed E-state index contributed by atoms with van der Waals surface area (Å²) < 4.78 is 5.17. The van der Waals surface area contributed by atoms with Crippen LogP contribution in [0.4, 0.5) is 0 Å². The van der Waals surface area contributed by atoms with E-state index in [9.17, 15) is 9.59 Å². The maximum absolute atomic E-state index is 12.5. The fraction of sp³-hybridized carbons (Fsp3) is 0.263. The van der Waals surface area contributed by atoms with E-state index in [4.69, 9.17) is 4.74 Å². The molecule has 0 heterocycles. The molecule has 2 rings (SSSR count). The summed E-state index contributed by atoms with van der Waals surface area (Å²) in [5, 5.41) is 2.82. The molecular weight excluding hydrogens is 304 g/mol. The molecule has 0 aliphatic heterocycles. The van der Waals surface area contributed by atoms with Gasteiger partial charge in [0, 0.05) is 31.3 Å². The predicted octanol–water partition coefficient (Wildman–Crippen LogP) is 2.51. The van der Waals surface area contributed by atoms with Gasteiger partial charge in [-0.25, -0.2) is 0 Å². The third-order valence-corrected chi connectivity index (χ3v) is 3.79. The number of amides is 2.